The van der Waals surface area contributed by atoms with Crippen molar-refractivity contribution in [2.45, 2.75) is 39.5 Å². The van der Waals surface area contributed by atoms with Crippen molar-refractivity contribution >= 4 is 17.7 Å². The SMILES string of the molecule is CC(C)(C)OC(=O)N1Cc2ccc(N3CCOCC3=O)cc2C1. The predicted octanol–water partition coefficient (Wildman–Crippen LogP) is 2.30. The number of hydrogen-bond donors (Lipinski definition) is 0. The lowest BCUT2D eigenvalue weighted by Crippen LogP contribution is -2.41. The van der Waals surface area contributed by atoms with E-state index in [0.29, 0.717) is 26.2 Å². The summed E-state index contributed by atoms with van der Waals surface area (Å²) in [6.07, 6.45) is -0.308. The van der Waals surface area contributed by atoms with E-state index in [0.717, 1.165) is 16.8 Å². The molecule has 2 aliphatic heterocycles. The minimum absolute atomic E-state index is 0.0294. The summed E-state index contributed by atoms with van der Waals surface area (Å²) in [5.74, 6) is -0.0294. The van der Waals surface area contributed by atoms with E-state index >= 15 is 0 Å². The molecule has 1 aromatic rings. The van der Waals surface area contributed by atoms with Crippen LogP contribution in [0.1, 0.15) is 31.9 Å². The molecule has 1 saturated heterocycles. The molecule has 0 aliphatic carbocycles. The number of carbonyl (C=O) groups excluding carboxylic acids is 2. The fraction of sp³-hybridized carbons (Fsp3) is 0.529. The number of fused-ring (bicyclic) bond motifs is 1. The van der Waals surface area contributed by atoms with Gasteiger partial charge in [-0.15, -0.1) is 0 Å². The molecule has 0 N–H and O–H groups in total. The summed E-state index contributed by atoms with van der Waals surface area (Å²) in [5, 5.41) is 0. The van der Waals surface area contributed by atoms with Crippen molar-refractivity contribution in [2.24, 2.45) is 0 Å². The molecule has 3 rings (SSSR count). The van der Waals surface area contributed by atoms with Crippen molar-refractivity contribution in [3.8, 4) is 0 Å². The molecule has 1 aromatic carbocycles. The van der Waals surface area contributed by atoms with E-state index in [1.807, 2.05) is 39.0 Å². The van der Waals surface area contributed by atoms with Crippen molar-refractivity contribution in [1.82, 2.24) is 4.90 Å². The first-order valence-corrected chi connectivity index (χ1v) is 7.81. The Labute approximate surface area is 136 Å². The van der Waals surface area contributed by atoms with E-state index in [1.165, 1.54) is 0 Å². The molecule has 0 bridgehead atoms. The summed E-state index contributed by atoms with van der Waals surface area (Å²) < 4.78 is 10.6. The highest BCUT2D eigenvalue weighted by atomic mass is 16.6. The highest BCUT2D eigenvalue weighted by Gasteiger charge is 2.29. The Kier molecular flexibility index (Phi) is 4.02. The Hall–Kier alpha value is -2.08. The van der Waals surface area contributed by atoms with Crippen molar-refractivity contribution in [3.05, 3.63) is 29.3 Å². The molecular formula is C17H22N2O4. The maximum atomic E-state index is 12.2. The third-order valence-corrected chi connectivity index (χ3v) is 3.86. The van der Waals surface area contributed by atoms with E-state index in [2.05, 4.69) is 0 Å². The summed E-state index contributed by atoms with van der Waals surface area (Å²) in [4.78, 5) is 27.5. The molecule has 2 heterocycles. The Balaban J connectivity index is 1.73. The van der Waals surface area contributed by atoms with Gasteiger partial charge in [0.1, 0.15) is 12.2 Å². The molecule has 124 valence electrons. The zero-order valence-corrected chi connectivity index (χ0v) is 13.8. The molecule has 2 amide bonds. The summed E-state index contributed by atoms with van der Waals surface area (Å²) in [6.45, 7) is 7.86. The Bertz CT molecular complexity index is 636. The van der Waals surface area contributed by atoms with Crippen LogP contribution in [0.15, 0.2) is 18.2 Å². The second kappa shape index (κ2) is 5.85. The first-order valence-electron chi connectivity index (χ1n) is 7.81. The fourth-order valence-electron chi connectivity index (χ4n) is 2.80. The van der Waals surface area contributed by atoms with Gasteiger partial charge in [0.05, 0.1) is 6.61 Å². The number of rotatable bonds is 1. The van der Waals surface area contributed by atoms with Gasteiger partial charge in [0, 0.05) is 25.3 Å². The Morgan fingerprint density at radius 2 is 1.96 bits per heavy atom. The minimum Gasteiger partial charge on any atom is -0.444 e. The number of benzene rings is 1. The topological polar surface area (TPSA) is 59.1 Å². The highest BCUT2D eigenvalue weighted by Crippen LogP contribution is 2.29. The minimum atomic E-state index is -0.503. The second-order valence-corrected chi connectivity index (χ2v) is 6.89. The van der Waals surface area contributed by atoms with Gasteiger partial charge in [0.2, 0.25) is 0 Å². The number of nitrogens with zero attached hydrogens (tertiary/aromatic N) is 2. The van der Waals surface area contributed by atoms with Crippen LogP contribution in [0.2, 0.25) is 0 Å². The zero-order valence-electron chi connectivity index (χ0n) is 13.8. The maximum Gasteiger partial charge on any atom is 0.410 e. The number of hydrogen-bond acceptors (Lipinski definition) is 4. The molecule has 0 radical (unpaired) electrons. The zero-order chi connectivity index (χ0) is 16.6. The first kappa shape index (κ1) is 15.8. The number of ether oxygens (including phenoxy) is 2. The largest absolute Gasteiger partial charge is 0.444 e. The van der Waals surface area contributed by atoms with Gasteiger partial charge < -0.3 is 14.4 Å². The fourth-order valence-corrected chi connectivity index (χ4v) is 2.80. The van der Waals surface area contributed by atoms with Gasteiger partial charge in [0.15, 0.2) is 0 Å². The molecule has 2 aliphatic rings. The molecule has 0 spiro atoms. The van der Waals surface area contributed by atoms with Gasteiger partial charge in [-0.1, -0.05) is 6.07 Å². The maximum absolute atomic E-state index is 12.2. The standard InChI is InChI=1S/C17H22N2O4/c1-17(2,3)23-16(21)18-9-12-4-5-14(8-13(12)10-18)19-6-7-22-11-15(19)20/h4-5,8H,6-7,9-11H2,1-3H3. The molecule has 0 aromatic heterocycles. The summed E-state index contributed by atoms with van der Waals surface area (Å²) in [7, 11) is 0. The van der Waals surface area contributed by atoms with E-state index < -0.39 is 5.60 Å². The normalized spacial score (nSPS) is 18.1. The van der Waals surface area contributed by atoms with Crippen LogP contribution in [0, 0.1) is 0 Å². The van der Waals surface area contributed by atoms with Gasteiger partial charge in [0.25, 0.3) is 5.91 Å². The molecule has 23 heavy (non-hydrogen) atoms. The van der Waals surface area contributed by atoms with E-state index in [1.54, 1.807) is 9.80 Å². The van der Waals surface area contributed by atoms with Crippen molar-refractivity contribution in [1.29, 1.82) is 0 Å². The second-order valence-electron chi connectivity index (χ2n) is 6.89. The van der Waals surface area contributed by atoms with E-state index in [9.17, 15) is 9.59 Å². The number of carbonyl (C=O) groups is 2. The number of morpholine rings is 1. The molecule has 0 atom stereocenters. The van der Waals surface area contributed by atoms with Crippen LogP contribution >= 0.6 is 0 Å². The van der Waals surface area contributed by atoms with Crippen LogP contribution in [0.4, 0.5) is 10.5 Å². The summed E-state index contributed by atoms with van der Waals surface area (Å²) >= 11 is 0. The predicted molar refractivity (Wildman–Crippen MR) is 85.1 cm³/mol. The molecule has 0 unspecified atom stereocenters. The van der Waals surface area contributed by atoms with E-state index in [-0.39, 0.29) is 18.6 Å². The van der Waals surface area contributed by atoms with E-state index in [4.69, 9.17) is 9.47 Å². The van der Waals surface area contributed by atoms with Gasteiger partial charge >= 0.3 is 6.09 Å². The number of amides is 2. The lowest BCUT2D eigenvalue weighted by atomic mass is 10.1. The van der Waals surface area contributed by atoms with Crippen LogP contribution < -0.4 is 4.90 Å². The van der Waals surface area contributed by atoms with Gasteiger partial charge in [-0.05, 0) is 44.0 Å². The average Bonchev–Trinajstić information content (AvgIpc) is 2.89. The number of anilines is 1. The van der Waals surface area contributed by atoms with Crippen molar-refractivity contribution in [2.75, 3.05) is 24.7 Å². The van der Waals surface area contributed by atoms with Gasteiger partial charge in [-0.2, -0.15) is 0 Å². The van der Waals surface area contributed by atoms with Crippen LogP contribution in [0.3, 0.4) is 0 Å². The Morgan fingerprint density at radius 3 is 2.65 bits per heavy atom. The highest BCUT2D eigenvalue weighted by molar-refractivity contribution is 5.95. The van der Waals surface area contributed by atoms with Gasteiger partial charge in [-0.25, -0.2) is 4.79 Å². The first-order chi connectivity index (χ1) is 10.8. The summed E-state index contributed by atoms with van der Waals surface area (Å²) in [6, 6.07) is 5.90. The third kappa shape index (κ3) is 3.47. The molecule has 6 heteroatoms. The molecule has 0 saturated carbocycles. The monoisotopic (exact) mass is 318 g/mol. The lowest BCUT2D eigenvalue weighted by Gasteiger charge is -2.27. The van der Waals surface area contributed by atoms with Crippen LogP contribution in [-0.4, -0.2) is 42.3 Å². The van der Waals surface area contributed by atoms with Crippen LogP contribution in [-0.2, 0) is 27.4 Å². The molecule has 1 fully saturated rings. The average molecular weight is 318 g/mol. The molecule has 6 nitrogen and oxygen atoms in total. The third-order valence-electron chi connectivity index (χ3n) is 3.86. The lowest BCUT2D eigenvalue weighted by molar-refractivity contribution is -0.125. The quantitative estimate of drug-likeness (QED) is 0.797. The van der Waals surface area contributed by atoms with Crippen LogP contribution in [0.5, 0.6) is 0 Å². The molecular weight excluding hydrogens is 296 g/mol. The summed E-state index contributed by atoms with van der Waals surface area (Å²) in [5.41, 5.74) is 2.52. The Morgan fingerprint density at radius 1 is 1.22 bits per heavy atom. The van der Waals surface area contributed by atoms with Crippen molar-refractivity contribution < 1.29 is 19.1 Å². The van der Waals surface area contributed by atoms with Gasteiger partial charge in [-0.3, -0.25) is 9.69 Å². The van der Waals surface area contributed by atoms with Crippen LogP contribution in [0.25, 0.3) is 0 Å². The smallest absolute Gasteiger partial charge is 0.410 e. The van der Waals surface area contributed by atoms with Crippen molar-refractivity contribution in [3.63, 3.8) is 0 Å².